The molecule has 1 fully saturated rings. The average Bonchev–Trinajstić information content (AvgIpc) is 2.90. The summed E-state index contributed by atoms with van der Waals surface area (Å²) in [5.74, 6) is -2.72. The topological polar surface area (TPSA) is 200 Å². The molecule has 38 heavy (non-hydrogen) atoms. The molecule has 2 aliphatic rings. The van der Waals surface area contributed by atoms with Crippen molar-refractivity contribution >= 4 is 47.7 Å². The number of fused-ring (bicyclic) bond motifs is 1. The Morgan fingerprint density at radius 1 is 1.26 bits per heavy atom. The molecule has 0 aliphatic carbocycles. The molecule has 6 N–H and O–H groups in total. The zero-order valence-corrected chi connectivity index (χ0v) is 21.0. The van der Waals surface area contributed by atoms with Gasteiger partial charge in [-0.15, -0.1) is 18.3 Å². The Morgan fingerprint density at radius 3 is 2.55 bits per heavy atom. The number of urea groups is 2. The number of aliphatic carboxylic acids is 1. The molecule has 15 heteroatoms. The first-order valence-electron chi connectivity index (χ1n) is 11.2. The molecule has 14 nitrogen and oxygen atoms in total. The number of hydrogen-bond acceptors (Lipinski definition) is 8. The standard InChI is InChI=1S/C23H26N6O8S/c1-3-9-25-22(35)28(2)23(36)27-14(12-7-5-4-6-8-12)17(30)26-15-18(31)29-16(20(32)33)13(10-37-21(24)34)11-38-19(15)29/h3-8,14-15,19H,1,9-11H2,2H3,(H2,24,34)(H,25,35)(H,26,30)(H,27,36)(H,32,33)/t14?,15?,19-/m0/s1. The van der Waals surface area contributed by atoms with Gasteiger partial charge in [-0.25, -0.2) is 24.1 Å². The van der Waals surface area contributed by atoms with Crippen LogP contribution in [0.25, 0.3) is 0 Å². The monoisotopic (exact) mass is 546 g/mol. The van der Waals surface area contributed by atoms with Crippen LogP contribution in [0, 0.1) is 0 Å². The second-order valence-electron chi connectivity index (χ2n) is 8.09. The van der Waals surface area contributed by atoms with Crippen molar-refractivity contribution in [2.75, 3.05) is 26.0 Å². The predicted molar refractivity (Wildman–Crippen MR) is 134 cm³/mol. The van der Waals surface area contributed by atoms with Crippen molar-refractivity contribution in [1.82, 2.24) is 25.8 Å². The summed E-state index contributed by atoms with van der Waals surface area (Å²) in [5.41, 5.74) is 5.18. The molecule has 2 heterocycles. The fourth-order valence-corrected chi connectivity index (χ4v) is 5.05. The van der Waals surface area contributed by atoms with Crippen LogP contribution >= 0.6 is 11.8 Å². The minimum absolute atomic E-state index is 0.110. The summed E-state index contributed by atoms with van der Waals surface area (Å²) in [7, 11) is 1.22. The van der Waals surface area contributed by atoms with Crippen molar-refractivity contribution in [3.63, 3.8) is 0 Å². The minimum Gasteiger partial charge on any atom is -0.477 e. The number of carboxylic acids is 1. The molecule has 3 rings (SSSR count). The SMILES string of the molecule is C=CCNC(=O)N(C)C(=O)NC(C(=O)NC1C(=O)N2C(C(=O)O)=C(COC(N)=O)CS[C@@H]12)c1ccccc1. The van der Waals surface area contributed by atoms with Gasteiger partial charge in [0.2, 0.25) is 5.91 Å². The molecule has 0 bridgehead atoms. The van der Waals surface area contributed by atoms with E-state index in [1.807, 2.05) is 0 Å². The molecule has 0 spiro atoms. The van der Waals surface area contributed by atoms with Gasteiger partial charge < -0.3 is 31.5 Å². The van der Waals surface area contributed by atoms with Crippen molar-refractivity contribution in [2.45, 2.75) is 17.5 Å². The number of rotatable bonds is 9. The van der Waals surface area contributed by atoms with Crippen molar-refractivity contribution in [1.29, 1.82) is 0 Å². The molecule has 0 aromatic heterocycles. The molecule has 3 atom stereocenters. The van der Waals surface area contributed by atoms with Crippen LogP contribution in [0.4, 0.5) is 14.4 Å². The van der Waals surface area contributed by atoms with E-state index in [4.69, 9.17) is 10.5 Å². The minimum atomic E-state index is -1.40. The van der Waals surface area contributed by atoms with E-state index in [0.29, 0.717) is 5.56 Å². The second-order valence-corrected chi connectivity index (χ2v) is 9.19. The molecule has 7 amide bonds. The summed E-state index contributed by atoms with van der Waals surface area (Å²) in [6.07, 6.45) is 0.345. The van der Waals surface area contributed by atoms with Gasteiger partial charge >= 0.3 is 24.1 Å². The Morgan fingerprint density at radius 2 is 1.95 bits per heavy atom. The average molecular weight is 547 g/mol. The number of carboxylic acid groups (broad SMARTS) is 1. The molecule has 202 valence electrons. The Hall–Kier alpha value is -4.53. The highest BCUT2D eigenvalue weighted by Gasteiger charge is 2.54. The number of carbonyl (C=O) groups is 6. The van der Waals surface area contributed by atoms with E-state index in [0.717, 1.165) is 9.80 Å². The van der Waals surface area contributed by atoms with Gasteiger partial charge in [0, 0.05) is 24.9 Å². The predicted octanol–water partition coefficient (Wildman–Crippen LogP) is 0.0986. The summed E-state index contributed by atoms with van der Waals surface area (Å²) in [5, 5.41) is 16.4. The molecule has 0 radical (unpaired) electrons. The fraction of sp³-hybridized carbons (Fsp3) is 0.304. The summed E-state index contributed by atoms with van der Waals surface area (Å²) in [6, 6.07) is 4.22. The van der Waals surface area contributed by atoms with Crippen LogP contribution in [-0.2, 0) is 19.1 Å². The van der Waals surface area contributed by atoms with Crippen molar-refractivity contribution in [3.05, 3.63) is 59.8 Å². The first-order chi connectivity index (χ1) is 18.1. The maximum atomic E-state index is 13.3. The van der Waals surface area contributed by atoms with Crippen LogP contribution in [0.1, 0.15) is 11.6 Å². The highest BCUT2D eigenvalue weighted by atomic mass is 32.2. The van der Waals surface area contributed by atoms with E-state index in [1.165, 1.54) is 24.9 Å². The number of carbonyl (C=O) groups excluding carboxylic acids is 5. The highest BCUT2D eigenvalue weighted by Crippen LogP contribution is 2.40. The Labute approximate surface area is 221 Å². The van der Waals surface area contributed by atoms with Gasteiger partial charge in [0.05, 0.1) is 0 Å². The summed E-state index contributed by atoms with van der Waals surface area (Å²) in [6.45, 7) is 3.21. The maximum Gasteiger partial charge on any atom is 0.404 e. The number of ether oxygens (including phenoxy) is 1. The van der Waals surface area contributed by atoms with Gasteiger partial charge in [-0.3, -0.25) is 14.5 Å². The summed E-state index contributed by atoms with van der Waals surface area (Å²) in [4.78, 5) is 75.6. The lowest BCUT2D eigenvalue weighted by atomic mass is 10.0. The van der Waals surface area contributed by atoms with Gasteiger partial charge in [-0.05, 0) is 5.56 Å². The van der Waals surface area contributed by atoms with E-state index in [1.54, 1.807) is 30.3 Å². The Kier molecular flexibility index (Phi) is 8.96. The highest BCUT2D eigenvalue weighted by molar-refractivity contribution is 8.00. The van der Waals surface area contributed by atoms with Crippen LogP contribution < -0.4 is 21.7 Å². The largest absolute Gasteiger partial charge is 0.477 e. The van der Waals surface area contributed by atoms with Crippen LogP contribution in [0.2, 0.25) is 0 Å². The zero-order valence-electron chi connectivity index (χ0n) is 20.2. The number of imide groups is 1. The van der Waals surface area contributed by atoms with Gasteiger partial charge in [0.15, 0.2) is 0 Å². The number of primary amides is 1. The number of nitrogens with zero attached hydrogens (tertiary/aromatic N) is 2. The first kappa shape index (κ1) is 28.0. The number of amides is 7. The number of thioether (sulfide) groups is 1. The van der Waals surface area contributed by atoms with Gasteiger partial charge in [-0.2, -0.15) is 0 Å². The summed E-state index contributed by atoms with van der Waals surface area (Å²) >= 11 is 1.17. The number of hydrogen-bond donors (Lipinski definition) is 5. The third-order valence-electron chi connectivity index (χ3n) is 5.61. The van der Waals surface area contributed by atoms with E-state index >= 15 is 0 Å². The lowest BCUT2D eigenvalue weighted by Crippen LogP contribution is -2.71. The maximum absolute atomic E-state index is 13.3. The van der Waals surface area contributed by atoms with Crippen molar-refractivity contribution in [2.24, 2.45) is 5.73 Å². The molecular weight excluding hydrogens is 520 g/mol. The number of nitrogens with two attached hydrogens (primary N) is 1. The van der Waals surface area contributed by atoms with Crippen LogP contribution in [0.15, 0.2) is 54.3 Å². The molecule has 1 aromatic rings. The Balaban J connectivity index is 1.76. The molecule has 1 saturated heterocycles. The van der Waals surface area contributed by atoms with Crippen LogP contribution in [-0.4, -0.2) is 88.2 Å². The molecule has 1 aromatic carbocycles. The number of nitrogens with one attached hydrogen (secondary N) is 3. The zero-order chi connectivity index (χ0) is 28.0. The molecule has 2 aliphatic heterocycles. The molecule has 2 unspecified atom stereocenters. The van der Waals surface area contributed by atoms with Crippen LogP contribution in [0.5, 0.6) is 0 Å². The molecule has 0 saturated carbocycles. The molecular formula is C23H26N6O8S. The van der Waals surface area contributed by atoms with Crippen LogP contribution in [0.3, 0.4) is 0 Å². The Bertz CT molecular complexity index is 1190. The number of β-lactam (4-membered cyclic amide) rings is 1. The van der Waals surface area contributed by atoms with E-state index in [9.17, 15) is 33.9 Å². The van der Waals surface area contributed by atoms with E-state index in [2.05, 4.69) is 22.5 Å². The number of benzene rings is 1. The smallest absolute Gasteiger partial charge is 0.404 e. The second kappa shape index (κ2) is 12.1. The van der Waals surface area contributed by atoms with Crippen molar-refractivity contribution in [3.8, 4) is 0 Å². The van der Waals surface area contributed by atoms with Gasteiger partial charge in [0.25, 0.3) is 5.91 Å². The van der Waals surface area contributed by atoms with Crippen molar-refractivity contribution < 1.29 is 38.6 Å². The lowest BCUT2D eigenvalue weighted by molar-refractivity contribution is -0.151. The van der Waals surface area contributed by atoms with E-state index < -0.39 is 60.0 Å². The lowest BCUT2D eigenvalue weighted by Gasteiger charge is -2.49. The van der Waals surface area contributed by atoms with E-state index in [-0.39, 0.29) is 23.6 Å². The van der Waals surface area contributed by atoms with Gasteiger partial charge in [0.1, 0.15) is 29.8 Å². The quantitative estimate of drug-likeness (QED) is 0.210. The normalized spacial score (nSPS) is 18.8. The summed E-state index contributed by atoms with van der Waals surface area (Å²) < 4.78 is 4.69. The first-order valence-corrected chi connectivity index (χ1v) is 12.2. The third-order valence-corrected chi connectivity index (χ3v) is 6.95. The fourth-order valence-electron chi connectivity index (χ4n) is 3.73. The van der Waals surface area contributed by atoms with Gasteiger partial charge in [-0.1, -0.05) is 36.4 Å². The third kappa shape index (κ3) is 6.05.